The van der Waals surface area contributed by atoms with E-state index in [2.05, 4.69) is 135 Å². The Hall–Kier alpha value is -4.93. The van der Waals surface area contributed by atoms with Crippen molar-refractivity contribution in [3.05, 3.63) is 127 Å². The molecule has 9 aromatic rings. The molecule has 6 aromatic carbocycles. The Balaban J connectivity index is 1.55. The molecule has 0 radical (unpaired) electrons. The number of hydrogen-bond acceptors (Lipinski definition) is 2. The molecule has 0 unspecified atom stereocenters. The highest BCUT2D eigenvalue weighted by Gasteiger charge is 2.20. The molecule has 0 saturated carbocycles. The molecule has 0 bridgehead atoms. The number of para-hydroxylation sites is 3. The molecular formula is C35H21N3S. The van der Waals surface area contributed by atoms with Gasteiger partial charge < -0.3 is 9.13 Å². The van der Waals surface area contributed by atoms with Gasteiger partial charge in [0.15, 0.2) is 0 Å². The summed E-state index contributed by atoms with van der Waals surface area (Å²) in [5.41, 5.74) is 10.2. The topological polar surface area (TPSA) is 22.8 Å². The Bertz CT molecular complexity index is 2390. The first-order valence-corrected chi connectivity index (χ1v) is 14.0. The third-order valence-electron chi connectivity index (χ3n) is 8.04. The zero-order valence-electron chi connectivity index (χ0n) is 20.9. The summed E-state index contributed by atoms with van der Waals surface area (Å²) in [6.07, 6.45) is 0. The molecule has 3 heterocycles. The van der Waals surface area contributed by atoms with Gasteiger partial charge in [-0.05, 0) is 53.9 Å². The molecule has 0 atom stereocenters. The highest BCUT2D eigenvalue weighted by atomic mass is 32.1. The summed E-state index contributed by atoms with van der Waals surface area (Å²) < 4.78 is 6.05. The van der Waals surface area contributed by atoms with Crippen LogP contribution in [0.2, 0.25) is 0 Å². The lowest BCUT2D eigenvalue weighted by Crippen LogP contribution is -1.95. The van der Waals surface area contributed by atoms with Gasteiger partial charge >= 0.3 is 0 Å². The lowest BCUT2D eigenvalue weighted by Gasteiger charge is -2.12. The summed E-state index contributed by atoms with van der Waals surface area (Å²) in [4.78, 5) is 4.64. The Morgan fingerprint density at radius 2 is 1.26 bits per heavy atom. The van der Waals surface area contributed by atoms with Gasteiger partial charge in [0.05, 0.1) is 37.8 Å². The van der Waals surface area contributed by atoms with Gasteiger partial charge in [-0.3, -0.25) is 0 Å². The predicted molar refractivity (Wildman–Crippen MR) is 166 cm³/mol. The first-order chi connectivity index (χ1) is 19.4. The van der Waals surface area contributed by atoms with Crippen LogP contribution in [0.4, 0.5) is 0 Å². The van der Waals surface area contributed by atoms with Gasteiger partial charge in [0.2, 0.25) is 0 Å². The highest BCUT2D eigenvalue weighted by Crippen LogP contribution is 2.43. The predicted octanol–water partition coefficient (Wildman–Crippen LogP) is 9.64. The van der Waals surface area contributed by atoms with Crippen molar-refractivity contribution >= 4 is 75.9 Å². The molecule has 3 nitrogen and oxygen atoms in total. The Morgan fingerprint density at radius 1 is 0.513 bits per heavy atom. The second-order valence-electron chi connectivity index (χ2n) is 10.1. The summed E-state index contributed by atoms with van der Waals surface area (Å²) in [5.74, 6) is 0. The van der Waals surface area contributed by atoms with Crippen molar-refractivity contribution in [2.24, 2.45) is 0 Å². The maximum absolute atomic E-state index is 4.64. The fraction of sp³-hybridized carbons (Fsp3) is 0. The molecule has 3 aromatic heterocycles. The van der Waals surface area contributed by atoms with E-state index in [1.165, 1.54) is 64.8 Å². The van der Waals surface area contributed by atoms with E-state index in [1.807, 2.05) is 5.51 Å². The number of rotatable bonds is 2. The Labute approximate surface area is 227 Å². The monoisotopic (exact) mass is 515 g/mol. The van der Waals surface area contributed by atoms with E-state index in [0.29, 0.717) is 0 Å². The van der Waals surface area contributed by atoms with Crippen LogP contribution in [0.15, 0.2) is 127 Å². The van der Waals surface area contributed by atoms with Crippen LogP contribution in [-0.4, -0.2) is 14.1 Å². The van der Waals surface area contributed by atoms with Gasteiger partial charge in [-0.2, -0.15) is 0 Å². The van der Waals surface area contributed by atoms with Crippen LogP contribution >= 0.6 is 11.3 Å². The molecule has 0 amide bonds. The lowest BCUT2D eigenvalue weighted by atomic mass is 10.0. The number of fused-ring (bicyclic) bond motifs is 10. The zero-order valence-corrected chi connectivity index (χ0v) is 21.7. The van der Waals surface area contributed by atoms with Crippen molar-refractivity contribution < 1.29 is 0 Å². The molecule has 9 rings (SSSR count). The fourth-order valence-electron chi connectivity index (χ4n) is 6.43. The first-order valence-electron chi connectivity index (χ1n) is 13.1. The standard InChI is InChI=1S/C35H21N3S/c1-2-8-23(9-3-1)37-30-13-7-5-11-27(30)34-31(37)18-15-22-14-17-26-25-10-4-6-12-29(25)38(35(26)33(22)34)24-16-19-32-28(20-24)36-21-39-32/h1-21H. The van der Waals surface area contributed by atoms with E-state index in [4.69, 9.17) is 0 Å². The van der Waals surface area contributed by atoms with Crippen LogP contribution in [0.25, 0.3) is 76.0 Å². The average molecular weight is 516 g/mol. The number of aromatic nitrogens is 3. The van der Waals surface area contributed by atoms with Gasteiger partial charge in [-0.1, -0.05) is 72.8 Å². The summed E-state index contributed by atoms with van der Waals surface area (Å²) in [6, 6.07) is 44.0. The average Bonchev–Trinajstić information content (AvgIpc) is 3.69. The van der Waals surface area contributed by atoms with Crippen LogP contribution in [-0.2, 0) is 0 Å². The van der Waals surface area contributed by atoms with Crippen molar-refractivity contribution in [1.29, 1.82) is 0 Å². The molecule has 0 aliphatic heterocycles. The first kappa shape index (κ1) is 21.1. The molecule has 0 N–H and O–H groups in total. The third-order valence-corrected chi connectivity index (χ3v) is 8.85. The summed E-state index contributed by atoms with van der Waals surface area (Å²) >= 11 is 1.68. The van der Waals surface area contributed by atoms with Crippen molar-refractivity contribution in [1.82, 2.24) is 14.1 Å². The summed E-state index contributed by atoms with van der Waals surface area (Å²) in [5, 5.41) is 7.60. The molecule has 0 spiro atoms. The fourth-order valence-corrected chi connectivity index (χ4v) is 7.09. The molecular weight excluding hydrogens is 494 g/mol. The maximum Gasteiger partial charge on any atom is 0.0832 e. The van der Waals surface area contributed by atoms with E-state index in [1.54, 1.807) is 11.3 Å². The molecule has 0 aliphatic carbocycles. The maximum atomic E-state index is 4.64. The van der Waals surface area contributed by atoms with Crippen LogP contribution in [0, 0.1) is 0 Å². The van der Waals surface area contributed by atoms with Crippen LogP contribution in [0.3, 0.4) is 0 Å². The van der Waals surface area contributed by atoms with Gasteiger partial charge in [0, 0.05) is 38.3 Å². The van der Waals surface area contributed by atoms with Crippen molar-refractivity contribution in [2.75, 3.05) is 0 Å². The Kier molecular flexibility index (Phi) is 4.21. The van der Waals surface area contributed by atoms with Gasteiger partial charge in [0.25, 0.3) is 0 Å². The van der Waals surface area contributed by atoms with Gasteiger partial charge in [-0.15, -0.1) is 11.3 Å². The number of benzene rings is 6. The molecule has 4 heteroatoms. The third kappa shape index (κ3) is 2.84. The SMILES string of the molecule is c1ccc(-n2c3ccccc3c3c4c(ccc5c6ccccc6n(-c6ccc7scnc7c6)c54)ccc32)cc1. The molecule has 39 heavy (non-hydrogen) atoms. The normalized spacial score (nSPS) is 12.1. The van der Waals surface area contributed by atoms with E-state index in [9.17, 15) is 0 Å². The number of nitrogens with zero attached hydrogens (tertiary/aromatic N) is 3. The van der Waals surface area contributed by atoms with E-state index in [0.717, 1.165) is 11.2 Å². The lowest BCUT2D eigenvalue weighted by molar-refractivity contribution is 1.18. The minimum Gasteiger partial charge on any atom is -0.309 e. The second kappa shape index (κ2) is 7.79. The van der Waals surface area contributed by atoms with Gasteiger partial charge in [-0.25, -0.2) is 4.98 Å². The van der Waals surface area contributed by atoms with Gasteiger partial charge in [0.1, 0.15) is 0 Å². The van der Waals surface area contributed by atoms with Crippen molar-refractivity contribution in [2.45, 2.75) is 0 Å². The van der Waals surface area contributed by atoms with E-state index in [-0.39, 0.29) is 0 Å². The van der Waals surface area contributed by atoms with Crippen LogP contribution in [0.5, 0.6) is 0 Å². The van der Waals surface area contributed by atoms with E-state index >= 15 is 0 Å². The summed E-state index contributed by atoms with van der Waals surface area (Å²) in [6.45, 7) is 0. The molecule has 182 valence electrons. The second-order valence-corrected chi connectivity index (χ2v) is 11.0. The minimum atomic E-state index is 1.04. The smallest absolute Gasteiger partial charge is 0.0832 e. The summed E-state index contributed by atoms with van der Waals surface area (Å²) in [7, 11) is 0. The number of hydrogen-bond donors (Lipinski definition) is 0. The van der Waals surface area contributed by atoms with E-state index < -0.39 is 0 Å². The molecule has 0 aliphatic rings. The molecule has 0 saturated heterocycles. The quantitative estimate of drug-likeness (QED) is 0.225. The zero-order chi connectivity index (χ0) is 25.5. The van der Waals surface area contributed by atoms with Crippen LogP contribution in [0.1, 0.15) is 0 Å². The Morgan fingerprint density at radius 3 is 2.13 bits per heavy atom. The minimum absolute atomic E-state index is 1.04. The highest BCUT2D eigenvalue weighted by molar-refractivity contribution is 7.16. The number of thiazole rings is 1. The largest absolute Gasteiger partial charge is 0.309 e. The van der Waals surface area contributed by atoms with Crippen LogP contribution < -0.4 is 0 Å². The molecule has 0 fully saturated rings. The van der Waals surface area contributed by atoms with Crippen molar-refractivity contribution in [3.63, 3.8) is 0 Å². The van der Waals surface area contributed by atoms with Crippen molar-refractivity contribution in [3.8, 4) is 11.4 Å².